The Morgan fingerprint density at radius 1 is 1.42 bits per heavy atom. The second-order valence-corrected chi connectivity index (χ2v) is 5.50. The second kappa shape index (κ2) is 3.16. The molecule has 68 valence electrons. The monoisotopic (exact) mass is 205 g/mol. The van der Waals surface area contributed by atoms with Gasteiger partial charge in [-0.1, -0.05) is 0 Å². The van der Waals surface area contributed by atoms with Gasteiger partial charge in [-0.05, 0) is 37.4 Å². The molecule has 0 bridgehead atoms. The topological polar surface area (TPSA) is 46.2 Å². The highest BCUT2D eigenvalue weighted by Crippen LogP contribution is 2.25. The molecule has 0 atom stereocenters. The summed E-state index contributed by atoms with van der Waals surface area (Å²) in [6.45, 7) is 3.72. The fourth-order valence-electron chi connectivity index (χ4n) is 0.837. The van der Waals surface area contributed by atoms with Gasteiger partial charge in [-0.2, -0.15) is 0 Å². The van der Waals surface area contributed by atoms with Gasteiger partial charge < -0.3 is 0 Å². The summed E-state index contributed by atoms with van der Waals surface area (Å²) in [6.07, 6.45) is 0. The first-order valence-corrected chi connectivity index (χ1v) is 5.83. The van der Waals surface area contributed by atoms with Crippen LogP contribution in [0.3, 0.4) is 0 Å². The zero-order chi connectivity index (χ0) is 9.35. The highest BCUT2D eigenvalue weighted by atomic mass is 32.2. The van der Waals surface area contributed by atoms with Crippen LogP contribution in [-0.4, -0.2) is 15.5 Å². The first-order chi connectivity index (χ1) is 5.49. The van der Waals surface area contributed by atoms with E-state index in [0.717, 1.165) is 11.1 Å². The molecule has 0 aliphatic carbocycles. The lowest BCUT2D eigenvalue weighted by atomic mass is 10.2. The Labute approximate surface area is 76.5 Å². The molecule has 0 aromatic carbocycles. The van der Waals surface area contributed by atoms with Crippen molar-refractivity contribution in [1.29, 1.82) is 0 Å². The van der Waals surface area contributed by atoms with E-state index >= 15 is 0 Å². The Bertz CT molecular complexity index is 378. The Morgan fingerprint density at radius 2 is 2.00 bits per heavy atom. The van der Waals surface area contributed by atoms with E-state index in [1.54, 1.807) is 0 Å². The number of aryl methyl sites for hydroxylation is 1. The highest BCUT2D eigenvalue weighted by molar-refractivity contribution is 7.91. The summed E-state index contributed by atoms with van der Waals surface area (Å²) >= 11 is 1.26. The van der Waals surface area contributed by atoms with E-state index < -0.39 is 10.0 Å². The minimum Gasteiger partial charge on any atom is -0.214 e. The molecule has 1 aromatic rings. The van der Waals surface area contributed by atoms with E-state index in [-0.39, 0.29) is 0 Å². The van der Waals surface area contributed by atoms with Crippen LogP contribution in [0.15, 0.2) is 9.59 Å². The SMILES string of the molecule is CNS(=O)(=O)c1scc(C)c1C. The lowest BCUT2D eigenvalue weighted by Crippen LogP contribution is -2.18. The van der Waals surface area contributed by atoms with Crippen LogP contribution in [-0.2, 0) is 10.0 Å². The molecular formula is C7H11NO2S2. The predicted octanol–water partition coefficient (Wildman–Crippen LogP) is 1.27. The Morgan fingerprint density at radius 3 is 2.33 bits per heavy atom. The third kappa shape index (κ3) is 1.53. The lowest BCUT2D eigenvalue weighted by molar-refractivity contribution is 0.590. The maximum atomic E-state index is 11.3. The number of hydrogen-bond donors (Lipinski definition) is 1. The van der Waals surface area contributed by atoms with Crippen molar-refractivity contribution in [3.63, 3.8) is 0 Å². The largest absolute Gasteiger partial charge is 0.250 e. The third-order valence-electron chi connectivity index (χ3n) is 1.75. The van der Waals surface area contributed by atoms with Crippen molar-refractivity contribution in [1.82, 2.24) is 4.72 Å². The van der Waals surface area contributed by atoms with E-state index in [1.807, 2.05) is 19.2 Å². The number of nitrogens with one attached hydrogen (secondary N) is 1. The molecule has 12 heavy (non-hydrogen) atoms. The van der Waals surface area contributed by atoms with Crippen molar-refractivity contribution < 1.29 is 8.42 Å². The second-order valence-electron chi connectivity index (χ2n) is 2.54. The van der Waals surface area contributed by atoms with Crippen LogP contribution in [0.5, 0.6) is 0 Å². The van der Waals surface area contributed by atoms with Gasteiger partial charge in [-0.15, -0.1) is 11.3 Å². The summed E-state index contributed by atoms with van der Waals surface area (Å²) in [5, 5.41) is 1.85. The van der Waals surface area contributed by atoms with E-state index in [0.29, 0.717) is 4.21 Å². The van der Waals surface area contributed by atoms with Gasteiger partial charge in [-0.3, -0.25) is 0 Å². The van der Waals surface area contributed by atoms with Gasteiger partial charge in [-0.25, -0.2) is 13.1 Å². The predicted molar refractivity (Wildman–Crippen MR) is 50.0 cm³/mol. The van der Waals surface area contributed by atoms with Crippen LogP contribution in [0.2, 0.25) is 0 Å². The zero-order valence-corrected chi connectivity index (χ0v) is 8.84. The summed E-state index contributed by atoms with van der Waals surface area (Å²) in [7, 11) is -1.82. The normalized spacial score (nSPS) is 11.9. The van der Waals surface area contributed by atoms with Crippen molar-refractivity contribution in [2.45, 2.75) is 18.1 Å². The molecule has 0 aliphatic rings. The van der Waals surface area contributed by atoms with Crippen LogP contribution in [0.25, 0.3) is 0 Å². The number of thiophene rings is 1. The Kier molecular flexibility index (Phi) is 2.55. The van der Waals surface area contributed by atoms with Crippen molar-refractivity contribution in [3.8, 4) is 0 Å². The standard InChI is InChI=1S/C7H11NO2S2/c1-5-4-11-7(6(5)2)12(9,10)8-3/h4,8H,1-3H3. The van der Waals surface area contributed by atoms with E-state index in [1.165, 1.54) is 18.4 Å². The van der Waals surface area contributed by atoms with Crippen molar-refractivity contribution >= 4 is 21.4 Å². The van der Waals surface area contributed by atoms with Crippen molar-refractivity contribution in [2.24, 2.45) is 0 Å². The van der Waals surface area contributed by atoms with Gasteiger partial charge >= 0.3 is 0 Å². The molecule has 1 heterocycles. The summed E-state index contributed by atoms with van der Waals surface area (Å²) in [5.41, 5.74) is 1.86. The smallest absolute Gasteiger partial charge is 0.214 e. The molecule has 0 radical (unpaired) electrons. The molecule has 0 saturated heterocycles. The first-order valence-electron chi connectivity index (χ1n) is 3.47. The molecule has 0 saturated carbocycles. The molecule has 1 aromatic heterocycles. The van der Waals surface area contributed by atoms with Gasteiger partial charge in [0.25, 0.3) is 0 Å². The summed E-state index contributed by atoms with van der Waals surface area (Å²) < 4.78 is 25.4. The minimum absolute atomic E-state index is 0.419. The van der Waals surface area contributed by atoms with Gasteiger partial charge in [0.1, 0.15) is 4.21 Å². The summed E-state index contributed by atoms with van der Waals surface area (Å²) in [4.78, 5) is 0. The highest BCUT2D eigenvalue weighted by Gasteiger charge is 2.17. The Hall–Kier alpha value is -0.390. The molecule has 0 spiro atoms. The minimum atomic E-state index is -3.24. The molecule has 1 rings (SSSR count). The quantitative estimate of drug-likeness (QED) is 0.790. The Balaban J connectivity index is 3.30. The number of sulfonamides is 1. The van der Waals surface area contributed by atoms with Crippen molar-refractivity contribution in [3.05, 3.63) is 16.5 Å². The van der Waals surface area contributed by atoms with Crippen LogP contribution >= 0.6 is 11.3 Å². The molecular weight excluding hydrogens is 194 g/mol. The fourth-order valence-corrected chi connectivity index (χ4v) is 3.29. The summed E-state index contributed by atoms with van der Waals surface area (Å²) in [5.74, 6) is 0. The molecule has 1 N–H and O–H groups in total. The fraction of sp³-hybridized carbons (Fsp3) is 0.429. The zero-order valence-electron chi connectivity index (χ0n) is 7.21. The third-order valence-corrected chi connectivity index (χ3v) is 5.02. The average Bonchev–Trinajstić information content (AvgIpc) is 2.33. The van der Waals surface area contributed by atoms with Gasteiger partial charge in [0, 0.05) is 0 Å². The lowest BCUT2D eigenvalue weighted by Gasteiger charge is -1.99. The molecule has 0 unspecified atom stereocenters. The van der Waals surface area contributed by atoms with E-state index in [2.05, 4.69) is 4.72 Å². The van der Waals surface area contributed by atoms with Gasteiger partial charge in [0.15, 0.2) is 0 Å². The van der Waals surface area contributed by atoms with E-state index in [4.69, 9.17) is 0 Å². The molecule has 0 fully saturated rings. The van der Waals surface area contributed by atoms with Crippen LogP contribution < -0.4 is 4.72 Å². The maximum absolute atomic E-state index is 11.3. The van der Waals surface area contributed by atoms with Gasteiger partial charge in [0.05, 0.1) is 0 Å². The maximum Gasteiger partial charge on any atom is 0.250 e. The average molecular weight is 205 g/mol. The molecule has 3 nitrogen and oxygen atoms in total. The van der Waals surface area contributed by atoms with Crippen LogP contribution in [0.1, 0.15) is 11.1 Å². The molecule has 0 amide bonds. The van der Waals surface area contributed by atoms with Crippen LogP contribution in [0, 0.1) is 13.8 Å². The van der Waals surface area contributed by atoms with Crippen molar-refractivity contribution in [2.75, 3.05) is 7.05 Å². The first kappa shape index (κ1) is 9.70. The molecule has 5 heteroatoms. The molecule has 0 aliphatic heterocycles. The number of rotatable bonds is 2. The summed E-state index contributed by atoms with van der Waals surface area (Å²) in [6, 6.07) is 0. The van der Waals surface area contributed by atoms with Crippen LogP contribution in [0.4, 0.5) is 0 Å². The van der Waals surface area contributed by atoms with Gasteiger partial charge in [0.2, 0.25) is 10.0 Å². The van der Waals surface area contributed by atoms with E-state index in [9.17, 15) is 8.42 Å². The number of hydrogen-bond acceptors (Lipinski definition) is 3.